The third-order valence-corrected chi connectivity index (χ3v) is 5.20. The van der Waals surface area contributed by atoms with Crippen LogP contribution in [-0.4, -0.2) is 31.0 Å². The van der Waals surface area contributed by atoms with Crippen LogP contribution >= 0.6 is 0 Å². The summed E-state index contributed by atoms with van der Waals surface area (Å²) in [5.74, 6) is 0.0568. The minimum absolute atomic E-state index is 0.0332. The number of fused-ring (bicyclic) bond motifs is 1. The molecule has 2 aliphatic heterocycles. The molecule has 0 aromatic heterocycles. The highest BCUT2D eigenvalue weighted by Gasteiger charge is 2.29. The van der Waals surface area contributed by atoms with Crippen molar-refractivity contribution >= 4 is 28.9 Å². The molecule has 0 unspecified atom stereocenters. The Labute approximate surface area is 164 Å². The lowest BCUT2D eigenvalue weighted by Crippen LogP contribution is -2.39. The molecule has 6 nitrogen and oxygen atoms in total. The number of ether oxygens (including phenoxy) is 1. The molecule has 2 aromatic rings. The van der Waals surface area contributed by atoms with E-state index in [-0.39, 0.29) is 18.2 Å². The highest BCUT2D eigenvalue weighted by Crippen LogP contribution is 2.31. The van der Waals surface area contributed by atoms with Crippen molar-refractivity contribution in [2.75, 3.05) is 28.6 Å². The Hall–Kier alpha value is -3.02. The molecular formula is C22H25N3O3. The van der Waals surface area contributed by atoms with Crippen LogP contribution < -0.4 is 20.3 Å². The first-order valence-corrected chi connectivity index (χ1v) is 9.91. The van der Waals surface area contributed by atoms with Gasteiger partial charge < -0.3 is 20.3 Å². The van der Waals surface area contributed by atoms with E-state index in [1.807, 2.05) is 36.4 Å². The van der Waals surface area contributed by atoms with Crippen LogP contribution in [0, 0.1) is 0 Å². The van der Waals surface area contributed by atoms with Crippen LogP contribution in [0.1, 0.15) is 32.1 Å². The zero-order valence-electron chi connectivity index (χ0n) is 15.8. The number of rotatable bonds is 4. The molecule has 0 bridgehead atoms. The highest BCUT2D eigenvalue weighted by molar-refractivity contribution is 6.02. The van der Waals surface area contributed by atoms with Gasteiger partial charge in [-0.05, 0) is 37.1 Å². The Morgan fingerprint density at radius 2 is 1.75 bits per heavy atom. The molecule has 28 heavy (non-hydrogen) atoms. The smallest absolute Gasteiger partial charge is 0.266 e. The molecule has 0 aliphatic carbocycles. The monoisotopic (exact) mass is 379 g/mol. The predicted molar refractivity (Wildman–Crippen MR) is 110 cm³/mol. The summed E-state index contributed by atoms with van der Waals surface area (Å²) in [5.41, 5.74) is 2.46. The van der Waals surface area contributed by atoms with E-state index in [1.54, 1.807) is 12.1 Å². The minimum atomic E-state index is -0.833. The van der Waals surface area contributed by atoms with Crippen LogP contribution in [0.25, 0.3) is 0 Å². The molecule has 1 fully saturated rings. The van der Waals surface area contributed by atoms with Crippen LogP contribution in [0.15, 0.2) is 48.5 Å². The lowest BCUT2D eigenvalue weighted by atomic mass is 10.1. The molecule has 0 saturated carbocycles. The third-order valence-electron chi connectivity index (χ3n) is 5.20. The lowest BCUT2D eigenvalue weighted by molar-refractivity contribution is -0.128. The Morgan fingerprint density at radius 3 is 2.57 bits per heavy atom. The largest absolute Gasteiger partial charge is 0.478 e. The zero-order chi connectivity index (χ0) is 19.3. The van der Waals surface area contributed by atoms with Gasteiger partial charge in [-0.2, -0.15) is 0 Å². The second kappa shape index (κ2) is 8.33. The van der Waals surface area contributed by atoms with Gasteiger partial charge in [-0.1, -0.05) is 37.1 Å². The van der Waals surface area contributed by atoms with E-state index < -0.39 is 6.10 Å². The van der Waals surface area contributed by atoms with E-state index >= 15 is 0 Å². The summed E-state index contributed by atoms with van der Waals surface area (Å²) in [6.45, 7) is 2.00. The van der Waals surface area contributed by atoms with E-state index in [1.165, 1.54) is 12.8 Å². The summed E-state index contributed by atoms with van der Waals surface area (Å²) in [6.07, 6.45) is 3.96. The number of anilines is 3. The maximum absolute atomic E-state index is 12.7. The summed E-state index contributed by atoms with van der Waals surface area (Å²) in [4.78, 5) is 27.3. The predicted octanol–water partition coefficient (Wildman–Crippen LogP) is 3.80. The van der Waals surface area contributed by atoms with Gasteiger partial charge >= 0.3 is 0 Å². The van der Waals surface area contributed by atoms with E-state index in [4.69, 9.17) is 4.74 Å². The number of nitrogens with one attached hydrogen (secondary N) is 2. The summed E-state index contributed by atoms with van der Waals surface area (Å²) in [5, 5.41) is 5.78. The fourth-order valence-corrected chi connectivity index (χ4v) is 3.76. The van der Waals surface area contributed by atoms with Crippen molar-refractivity contribution in [2.45, 2.75) is 38.2 Å². The molecule has 0 spiro atoms. The summed E-state index contributed by atoms with van der Waals surface area (Å²) in [6, 6.07) is 15.1. The van der Waals surface area contributed by atoms with E-state index in [0.717, 1.165) is 37.3 Å². The van der Waals surface area contributed by atoms with Crippen molar-refractivity contribution in [1.82, 2.24) is 0 Å². The first-order chi connectivity index (χ1) is 13.7. The molecule has 2 aromatic carbocycles. The van der Waals surface area contributed by atoms with Gasteiger partial charge in [-0.25, -0.2) is 0 Å². The third kappa shape index (κ3) is 4.11. The first-order valence-electron chi connectivity index (χ1n) is 9.91. The molecule has 2 amide bonds. The maximum atomic E-state index is 12.7. The van der Waals surface area contributed by atoms with Gasteiger partial charge in [0, 0.05) is 13.1 Å². The van der Waals surface area contributed by atoms with Crippen LogP contribution in [0.5, 0.6) is 5.75 Å². The molecule has 146 valence electrons. The van der Waals surface area contributed by atoms with Crippen molar-refractivity contribution in [3.63, 3.8) is 0 Å². The Kier molecular flexibility index (Phi) is 5.46. The maximum Gasteiger partial charge on any atom is 0.266 e. The molecule has 2 aliphatic rings. The van der Waals surface area contributed by atoms with E-state index in [2.05, 4.69) is 15.5 Å². The average molecular weight is 379 g/mol. The molecule has 1 saturated heterocycles. The van der Waals surface area contributed by atoms with Gasteiger partial charge in [0.2, 0.25) is 5.91 Å². The van der Waals surface area contributed by atoms with Gasteiger partial charge in [0.1, 0.15) is 5.75 Å². The van der Waals surface area contributed by atoms with Crippen molar-refractivity contribution in [3.8, 4) is 5.75 Å². The second-order valence-corrected chi connectivity index (χ2v) is 7.26. The number of amides is 2. The zero-order valence-corrected chi connectivity index (χ0v) is 15.8. The van der Waals surface area contributed by atoms with Crippen LogP contribution in [0.2, 0.25) is 0 Å². The molecular weight excluding hydrogens is 354 g/mol. The Balaban J connectivity index is 1.44. The van der Waals surface area contributed by atoms with Gasteiger partial charge in [0.15, 0.2) is 6.10 Å². The Morgan fingerprint density at radius 1 is 1.04 bits per heavy atom. The SMILES string of the molecule is O=C(C[C@@H]1Oc2ccccc2NC1=O)Nc1ccccc1N1CCCCCC1. The van der Waals surface area contributed by atoms with Gasteiger partial charge in [0.25, 0.3) is 5.91 Å². The van der Waals surface area contributed by atoms with Crippen LogP contribution in [-0.2, 0) is 9.59 Å². The molecule has 0 radical (unpaired) electrons. The van der Waals surface area contributed by atoms with Gasteiger partial charge in [-0.3, -0.25) is 9.59 Å². The second-order valence-electron chi connectivity index (χ2n) is 7.26. The van der Waals surface area contributed by atoms with Crippen molar-refractivity contribution < 1.29 is 14.3 Å². The standard InChI is InChI=1S/C22H25N3O3/c26-21(15-20-22(27)24-17-10-4-6-12-19(17)28-20)23-16-9-3-5-11-18(16)25-13-7-1-2-8-14-25/h3-6,9-12,20H,1-2,7-8,13-15H2,(H,23,26)(H,24,27)/t20-/m0/s1. The fraction of sp³-hybridized carbons (Fsp3) is 0.364. The fourth-order valence-electron chi connectivity index (χ4n) is 3.76. The number of para-hydroxylation sites is 4. The Bertz CT molecular complexity index is 860. The number of carbonyl (C=O) groups is 2. The quantitative estimate of drug-likeness (QED) is 0.848. The van der Waals surface area contributed by atoms with Crippen LogP contribution in [0.3, 0.4) is 0 Å². The van der Waals surface area contributed by atoms with Crippen molar-refractivity contribution in [1.29, 1.82) is 0 Å². The first kappa shape index (κ1) is 18.3. The van der Waals surface area contributed by atoms with Gasteiger partial charge in [-0.15, -0.1) is 0 Å². The minimum Gasteiger partial charge on any atom is -0.478 e. The molecule has 2 N–H and O–H groups in total. The van der Waals surface area contributed by atoms with E-state index in [9.17, 15) is 9.59 Å². The molecule has 6 heteroatoms. The van der Waals surface area contributed by atoms with Crippen molar-refractivity contribution in [3.05, 3.63) is 48.5 Å². The molecule has 4 rings (SSSR count). The average Bonchev–Trinajstić information content (AvgIpc) is 2.98. The molecule has 1 atom stereocenters. The van der Waals surface area contributed by atoms with E-state index in [0.29, 0.717) is 11.4 Å². The number of hydrogen-bond donors (Lipinski definition) is 2. The molecule has 2 heterocycles. The summed E-state index contributed by atoms with van der Waals surface area (Å²) in [7, 11) is 0. The highest BCUT2D eigenvalue weighted by atomic mass is 16.5. The number of nitrogens with zero attached hydrogens (tertiary/aromatic N) is 1. The summed E-state index contributed by atoms with van der Waals surface area (Å²) < 4.78 is 5.73. The van der Waals surface area contributed by atoms with Gasteiger partial charge in [0.05, 0.1) is 23.5 Å². The number of carbonyl (C=O) groups excluding carboxylic acids is 2. The van der Waals surface area contributed by atoms with Crippen LogP contribution in [0.4, 0.5) is 17.1 Å². The normalized spacial score (nSPS) is 19.1. The lowest BCUT2D eigenvalue weighted by Gasteiger charge is -2.27. The topological polar surface area (TPSA) is 70.7 Å². The number of benzene rings is 2. The summed E-state index contributed by atoms with van der Waals surface area (Å²) >= 11 is 0. The van der Waals surface area contributed by atoms with Crippen molar-refractivity contribution in [2.24, 2.45) is 0 Å². The number of hydrogen-bond acceptors (Lipinski definition) is 4.